The van der Waals surface area contributed by atoms with Gasteiger partial charge in [0.2, 0.25) is 0 Å². The van der Waals surface area contributed by atoms with Crippen LogP contribution in [-0.4, -0.2) is 20.3 Å². The van der Waals surface area contributed by atoms with Crippen LogP contribution < -0.4 is 14.8 Å². The molecule has 20 heavy (non-hydrogen) atoms. The molecule has 1 aliphatic heterocycles. The Morgan fingerprint density at radius 3 is 2.70 bits per heavy atom. The number of ether oxygens (including phenoxy) is 2. The van der Waals surface area contributed by atoms with E-state index in [4.69, 9.17) is 13.9 Å². The summed E-state index contributed by atoms with van der Waals surface area (Å²) in [6.07, 6.45) is 0. The lowest BCUT2D eigenvalue weighted by Crippen LogP contribution is -2.12. The summed E-state index contributed by atoms with van der Waals surface area (Å²) in [5.41, 5.74) is 1.00. The third-order valence-electron chi connectivity index (χ3n) is 3.29. The monoisotopic (exact) mass is 273 g/mol. The summed E-state index contributed by atoms with van der Waals surface area (Å²) < 4.78 is 17.3. The SMILES string of the molecule is CNCc1ccc(-c2ccc3c(c2)OCC(C)CO3)o1. The summed E-state index contributed by atoms with van der Waals surface area (Å²) in [7, 11) is 1.90. The van der Waals surface area contributed by atoms with Crippen molar-refractivity contribution in [2.45, 2.75) is 13.5 Å². The Morgan fingerprint density at radius 2 is 1.90 bits per heavy atom. The van der Waals surface area contributed by atoms with E-state index in [1.165, 1.54) is 0 Å². The summed E-state index contributed by atoms with van der Waals surface area (Å²) in [5, 5.41) is 3.07. The van der Waals surface area contributed by atoms with Gasteiger partial charge in [0.05, 0.1) is 19.8 Å². The summed E-state index contributed by atoms with van der Waals surface area (Å²) >= 11 is 0. The van der Waals surface area contributed by atoms with Gasteiger partial charge in [-0.05, 0) is 37.4 Å². The van der Waals surface area contributed by atoms with E-state index in [0.717, 1.165) is 35.1 Å². The van der Waals surface area contributed by atoms with Crippen molar-refractivity contribution >= 4 is 0 Å². The smallest absolute Gasteiger partial charge is 0.161 e. The van der Waals surface area contributed by atoms with Gasteiger partial charge in [-0.2, -0.15) is 0 Å². The fourth-order valence-corrected chi connectivity index (χ4v) is 2.21. The first-order valence-electron chi connectivity index (χ1n) is 6.89. The molecule has 0 bridgehead atoms. The normalized spacial score (nSPS) is 17.8. The van der Waals surface area contributed by atoms with Crippen LogP contribution in [0.15, 0.2) is 34.7 Å². The van der Waals surface area contributed by atoms with E-state index in [-0.39, 0.29) is 0 Å². The lowest BCUT2D eigenvalue weighted by molar-refractivity contribution is 0.228. The van der Waals surface area contributed by atoms with Crippen molar-refractivity contribution in [1.82, 2.24) is 5.32 Å². The molecule has 1 N–H and O–H groups in total. The topological polar surface area (TPSA) is 43.6 Å². The first-order chi connectivity index (χ1) is 9.76. The van der Waals surface area contributed by atoms with Gasteiger partial charge in [0.25, 0.3) is 0 Å². The maximum absolute atomic E-state index is 5.80. The van der Waals surface area contributed by atoms with Gasteiger partial charge in [0.15, 0.2) is 11.5 Å². The molecule has 0 fully saturated rings. The molecular weight excluding hydrogens is 254 g/mol. The van der Waals surface area contributed by atoms with Gasteiger partial charge in [-0.3, -0.25) is 0 Å². The Morgan fingerprint density at radius 1 is 1.10 bits per heavy atom. The molecule has 4 heteroatoms. The minimum absolute atomic E-state index is 0.400. The fraction of sp³-hybridized carbons (Fsp3) is 0.375. The van der Waals surface area contributed by atoms with Gasteiger partial charge >= 0.3 is 0 Å². The maximum Gasteiger partial charge on any atom is 0.161 e. The second kappa shape index (κ2) is 5.59. The van der Waals surface area contributed by atoms with E-state index in [9.17, 15) is 0 Å². The van der Waals surface area contributed by atoms with Crippen LogP contribution in [0.3, 0.4) is 0 Å². The Bertz CT molecular complexity index is 591. The van der Waals surface area contributed by atoms with Crippen molar-refractivity contribution in [3.05, 3.63) is 36.1 Å². The molecule has 1 aliphatic rings. The van der Waals surface area contributed by atoms with Crippen LogP contribution in [0.1, 0.15) is 12.7 Å². The molecule has 1 aromatic heterocycles. The lowest BCUT2D eigenvalue weighted by Gasteiger charge is -2.08. The molecule has 1 unspecified atom stereocenters. The molecule has 2 heterocycles. The molecule has 0 saturated carbocycles. The van der Waals surface area contributed by atoms with Gasteiger partial charge < -0.3 is 19.2 Å². The van der Waals surface area contributed by atoms with E-state index in [0.29, 0.717) is 19.1 Å². The molecule has 0 saturated heterocycles. The van der Waals surface area contributed by atoms with Crippen LogP contribution in [0.25, 0.3) is 11.3 Å². The van der Waals surface area contributed by atoms with Gasteiger partial charge in [-0.15, -0.1) is 0 Å². The van der Waals surface area contributed by atoms with Gasteiger partial charge in [-0.25, -0.2) is 0 Å². The molecule has 3 rings (SSSR count). The van der Waals surface area contributed by atoms with Crippen molar-refractivity contribution in [3.8, 4) is 22.8 Å². The van der Waals surface area contributed by atoms with Crippen LogP contribution in [0, 0.1) is 5.92 Å². The standard InChI is InChI=1S/C16H19NO3/c1-11-9-18-15-5-3-12(7-16(15)19-10-11)14-6-4-13(20-14)8-17-2/h3-7,11,17H,8-10H2,1-2H3. The third kappa shape index (κ3) is 2.65. The highest BCUT2D eigenvalue weighted by molar-refractivity contribution is 5.63. The predicted molar refractivity (Wildman–Crippen MR) is 77.1 cm³/mol. The van der Waals surface area contributed by atoms with Crippen molar-refractivity contribution in [3.63, 3.8) is 0 Å². The lowest BCUT2D eigenvalue weighted by atomic mass is 10.1. The van der Waals surface area contributed by atoms with Crippen LogP contribution in [0.2, 0.25) is 0 Å². The molecule has 1 atom stereocenters. The zero-order valence-electron chi connectivity index (χ0n) is 11.8. The van der Waals surface area contributed by atoms with Crippen molar-refractivity contribution in [2.24, 2.45) is 5.92 Å². The molecule has 0 amide bonds. The maximum atomic E-state index is 5.80. The van der Waals surface area contributed by atoms with Crippen LogP contribution >= 0.6 is 0 Å². The minimum atomic E-state index is 0.400. The van der Waals surface area contributed by atoms with E-state index in [1.54, 1.807) is 0 Å². The van der Waals surface area contributed by atoms with Crippen LogP contribution in [0.5, 0.6) is 11.5 Å². The molecule has 0 radical (unpaired) electrons. The average molecular weight is 273 g/mol. The number of rotatable bonds is 3. The van der Waals surface area contributed by atoms with Gasteiger partial charge in [-0.1, -0.05) is 6.92 Å². The number of hydrogen-bond donors (Lipinski definition) is 1. The predicted octanol–water partition coefficient (Wildman–Crippen LogP) is 3.07. The zero-order chi connectivity index (χ0) is 13.9. The Hall–Kier alpha value is -1.94. The Balaban J connectivity index is 1.87. The fourth-order valence-electron chi connectivity index (χ4n) is 2.21. The van der Waals surface area contributed by atoms with Crippen molar-refractivity contribution in [2.75, 3.05) is 20.3 Å². The molecular formula is C16H19NO3. The molecule has 0 spiro atoms. The Labute approximate surface area is 118 Å². The molecule has 2 aromatic rings. The second-order valence-corrected chi connectivity index (χ2v) is 5.18. The molecule has 4 nitrogen and oxygen atoms in total. The number of fused-ring (bicyclic) bond motifs is 1. The highest BCUT2D eigenvalue weighted by Gasteiger charge is 2.16. The molecule has 106 valence electrons. The van der Waals surface area contributed by atoms with Crippen LogP contribution in [-0.2, 0) is 6.54 Å². The van der Waals surface area contributed by atoms with E-state index in [2.05, 4.69) is 12.2 Å². The van der Waals surface area contributed by atoms with Gasteiger partial charge in [0, 0.05) is 11.5 Å². The number of nitrogens with one attached hydrogen (secondary N) is 1. The van der Waals surface area contributed by atoms with Crippen molar-refractivity contribution in [1.29, 1.82) is 0 Å². The number of benzene rings is 1. The van der Waals surface area contributed by atoms with Gasteiger partial charge in [0.1, 0.15) is 11.5 Å². The zero-order valence-corrected chi connectivity index (χ0v) is 11.8. The molecule has 1 aromatic carbocycles. The first kappa shape index (κ1) is 13.1. The largest absolute Gasteiger partial charge is 0.489 e. The highest BCUT2D eigenvalue weighted by atomic mass is 16.5. The summed E-state index contributed by atoms with van der Waals surface area (Å²) in [4.78, 5) is 0. The molecule has 0 aliphatic carbocycles. The second-order valence-electron chi connectivity index (χ2n) is 5.18. The van der Waals surface area contributed by atoms with Crippen LogP contribution in [0.4, 0.5) is 0 Å². The highest BCUT2D eigenvalue weighted by Crippen LogP contribution is 2.35. The third-order valence-corrected chi connectivity index (χ3v) is 3.29. The van der Waals surface area contributed by atoms with E-state index >= 15 is 0 Å². The Kier molecular flexibility index (Phi) is 3.65. The van der Waals surface area contributed by atoms with E-state index in [1.807, 2.05) is 37.4 Å². The number of hydrogen-bond acceptors (Lipinski definition) is 4. The first-order valence-corrected chi connectivity index (χ1v) is 6.89. The summed E-state index contributed by atoms with van der Waals surface area (Å²) in [6, 6.07) is 9.89. The summed E-state index contributed by atoms with van der Waals surface area (Å²) in [6.45, 7) is 4.21. The van der Waals surface area contributed by atoms with Crippen molar-refractivity contribution < 1.29 is 13.9 Å². The summed E-state index contributed by atoms with van der Waals surface area (Å²) in [5.74, 6) is 3.76. The van der Waals surface area contributed by atoms with E-state index < -0.39 is 0 Å². The average Bonchev–Trinajstić information content (AvgIpc) is 2.84. The minimum Gasteiger partial charge on any atom is -0.489 e. The quantitative estimate of drug-likeness (QED) is 0.933. The number of furan rings is 1.